The Kier molecular flexibility index (Phi) is 6.68. The first kappa shape index (κ1) is 26.2. The summed E-state index contributed by atoms with van der Waals surface area (Å²) in [6.45, 7) is 8.70. The molecule has 6 unspecified atom stereocenters. The molecule has 1 saturated heterocycles. The highest BCUT2D eigenvalue weighted by Gasteiger charge is 2.68. The van der Waals surface area contributed by atoms with Gasteiger partial charge in [-0.3, -0.25) is 19.2 Å². The average Bonchev–Trinajstić information content (AvgIpc) is 2.91. The third-order valence-corrected chi connectivity index (χ3v) is 10.2. The maximum atomic E-state index is 12.5. The van der Waals surface area contributed by atoms with Crippen molar-refractivity contribution >= 4 is 23.9 Å². The first-order valence-corrected chi connectivity index (χ1v) is 13.8. The summed E-state index contributed by atoms with van der Waals surface area (Å²) < 4.78 is 23.8. The maximum absolute atomic E-state index is 12.5. The van der Waals surface area contributed by atoms with Gasteiger partial charge in [0.2, 0.25) is 0 Å². The molecule has 8 heteroatoms. The molecular weight excluding hydrogens is 476 g/mol. The Morgan fingerprint density at radius 3 is 2.38 bits per heavy atom. The highest BCUT2D eigenvalue weighted by molar-refractivity contribution is 5.70. The van der Waals surface area contributed by atoms with Gasteiger partial charge in [0.25, 0.3) is 0 Å². The largest absolute Gasteiger partial charge is 0.462 e. The van der Waals surface area contributed by atoms with Crippen LogP contribution in [0.5, 0.6) is 0 Å². The van der Waals surface area contributed by atoms with Crippen molar-refractivity contribution in [2.75, 3.05) is 0 Å². The number of esters is 4. The van der Waals surface area contributed by atoms with Crippen LogP contribution in [0.4, 0.5) is 0 Å². The number of ether oxygens (including phenoxy) is 4. The summed E-state index contributed by atoms with van der Waals surface area (Å²) in [7, 11) is 0. The van der Waals surface area contributed by atoms with E-state index in [4.69, 9.17) is 18.9 Å². The fourth-order valence-electron chi connectivity index (χ4n) is 8.99. The van der Waals surface area contributed by atoms with Gasteiger partial charge in [0.15, 0.2) is 0 Å². The standard InChI is InChI=1S/C29H40O8/c1-15(30)34-20-9-10-28(4)19(12-20)13-22(35-16(2)31)25-21-11-18-7-6-8-24(33)37-27(18)29(21,5)14-23(26(25)28)36-17(3)32/h13,18,20-23,25-27H,6-12,14H2,1-5H3/t18?,20-,21-,22-,23+,25?,26?,27?,28?,29?/m0/s1. The summed E-state index contributed by atoms with van der Waals surface area (Å²) in [6, 6.07) is 0. The minimum atomic E-state index is -0.484. The molecule has 0 aromatic heterocycles. The Balaban J connectivity index is 1.60. The van der Waals surface area contributed by atoms with Crippen LogP contribution in [0.15, 0.2) is 11.6 Å². The van der Waals surface area contributed by atoms with Crippen molar-refractivity contribution in [3.63, 3.8) is 0 Å². The molecule has 8 nitrogen and oxygen atoms in total. The lowest BCUT2D eigenvalue weighted by Gasteiger charge is -2.61. The van der Waals surface area contributed by atoms with Crippen molar-refractivity contribution in [3.8, 4) is 0 Å². The summed E-state index contributed by atoms with van der Waals surface area (Å²) in [5.74, 6) is -0.887. The van der Waals surface area contributed by atoms with Crippen molar-refractivity contribution < 1.29 is 38.1 Å². The maximum Gasteiger partial charge on any atom is 0.306 e. The second kappa shape index (κ2) is 9.42. The zero-order chi connectivity index (χ0) is 26.7. The van der Waals surface area contributed by atoms with Crippen LogP contribution in [0, 0.1) is 34.5 Å². The minimum absolute atomic E-state index is 0.0601. The molecule has 0 N–H and O–H groups in total. The summed E-state index contributed by atoms with van der Waals surface area (Å²) in [5, 5.41) is 0. The second-order valence-corrected chi connectivity index (χ2v) is 12.5. The van der Waals surface area contributed by atoms with Crippen LogP contribution in [-0.2, 0) is 38.1 Å². The molecule has 0 aromatic rings. The Hall–Kier alpha value is -2.38. The van der Waals surface area contributed by atoms with E-state index in [1.165, 1.54) is 20.8 Å². The molecule has 0 bridgehead atoms. The summed E-state index contributed by atoms with van der Waals surface area (Å²) in [4.78, 5) is 48.9. The Labute approximate surface area is 218 Å². The minimum Gasteiger partial charge on any atom is -0.462 e. The van der Waals surface area contributed by atoms with Crippen LogP contribution in [0.2, 0.25) is 0 Å². The SMILES string of the molecule is CC(=O)O[C@H]1CCC2(C)C(=C[C@H](OC(C)=O)C3C2[C@H](OC(C)=O)CC2(C)C4OC(=O)CCCC4C[C@@H]32)C1. The van der Waals surface area contributed by atoms with Gasteiger partial charge < -0.3 is 18.9 Å². The molecule has 5 rings (SSSR count). The van der Waals surface area contributed by atoms with Gasteiger partial charge in [-0.2, -0.15) is 0 Å². The third kappa shape index (κ3) is 4.48. The molecule has 5 aliphatic rings. The highest BCUT2D eigenvalue weighted by atomic mass is 16.6. The monoisotopic (exact) mass is 516 g/mol. The summed E-state index contributed by atoms with van der Waals surface area (Å²) in [6.07, 6.45) is 6.54. The molecule has 10 atom stereocenters. The lowest BCUT2D eigenvalue weighted by atomic mass is 9.46. The third-order valence-electron chi connectivity index (χ3n) is 10.2. The van der Waals surface area contributed by atoms with Gasteiger partial charge in [-0.15, -0.1) is 0 Å². The van der Waals surface area contributed by atoms with Crippen molar-refractivity contribution in [2.24, 2.45) is 34.5 Å². The van der Waals surface area contributed by atoms with E-state index in [0.29, 0.717) is 19.3 Å². The molecule has 0 radical (unpaired) electrons. The van der Waals surface area contributed by atoms with Crippen LogP contribution >= 0.6 is 0 Å². The lowest BCUT2D eigenvalue weighted by molar-refractivity contribution is -0.200. The Morgan fingerprint density at radius 2 is 1.70 bits per heavy atom. The smallest absolute Gasteiger partial charge is 0.306 e. The van der Waals surface area contributed by atoms with Crippen LogP contribution in [0.3, 0.4) is 0 Å². The number of fused-ring (bicyclic) bond motifs is 7. The molecule has 4 aliphatic carbocycles. The van der Waals surface area contributed by atoms with E-state index >= 15 is 0 Å². The van der Waals surface area contributed by atoms with Crippen molar-refractivity contribution in [3.05, 3.63) is 11.6 Å². The van der Waals surface area contributed by atoms with Crippen LogP contribution < -0.4 is 0 Å². The van der Waals surface area contributed by atoms with Gasteiger partial charge in [0.1, 0.15) is 24.4 Å². The van der Waals surface area contributed by atoms with Gasteiger partial charge >= 0.3 is 23.9 Å². The van der Waals surface area contributed by atoms with Gasteiger partial charge in [0.05, 0.1) is 0 Å². The second-order valence-electron chi connectivity index (χ2n) is 12.5. The number of carbonyl (C=O) groups excluding carboxylic acids is 4. The zero-order valence-electron chi connectivity index (χ0n) is 22.6. The molecule has 204 valence electrons. The fraction of sp³-hybridized carbons (Fsp3) is 0.793. The molecule has 3 saturated carbocycles. The first-order chi connectivity index (χ1) is 17.4. The quantitative estimate of drug-likeness (QED) is 0.311. The number of hydrogen-bond donors (Lipinski definition) is 0. The van der Waals surface area contributed by atoms with Gasteiger partial charge in [0, 0.05) is 50.9 Å². The molecule has 1 heterocycles. The van der Waals surface area contributed by atoms with Crippen molar-refractivity contribution in [2.45, 2.75) is 110 Å². The predicted octanol–water partition coefficient (Wildman–Crippen LogP) is 4.29. The molecule has 0 amide bonds. The number of hydrogen-bond acceptors (Lipinski definition) is 8. The summed E-state index contributed by atoms with van der Waals surface area (Å²) >= 11 is 0. The normalized spacial score (nSPS) is 44.5. The van der Waals surface area contributed by atoms with Crippen LogP contribution in [0.1, 0.15) is 86.0 Å². The van der Waals surface area contributed by atoms with Gasteiger partial charge in [-0.1, -0.05) is 19.4 Å². The Morgan fingerprint density at radius 1 is 1.00 bits per heavy atom. The lowest BCUT2D eigenvalue weighted by Crippen LogP contribution is -2.61. The van der Waals surface area contributed by atoms with Crippen molar-refractivity contribution in [1.29, 1.82) is 0 Å². The van der Waals surface area contributed by atoms with E-state index in [2.05, 4.69) is 19.9 Å². The zero-order valence-corrected chi connectivity index (χ0v) is 22.6. The van der Waals surface area contributed by atoms with Gasteiger partial charge in [-0.25, -0.2) is 0 Å². The van der Waals surface area contributed by atoms with Crippen LogP contribution in [0.25, 0.3) is 0 Å². The first-order valence-electron chi connectivity index (χ1n) is 13.8. The predicted molar refractivity (Wildman–Crippen MR) is 132 cm³/mol. The van der Waals surface area contributed by atoms with E-state index < -0.39 is 12.2 Å². The Bertz CT molecular complexity index is 1020. The number of carbonyl (C=O) groups is 4. The van der Waals surface area contributed by atoms with E-state index in [1.54, 1.807) is 0 Å². The van der Waals surface area contributed by atoms with E-state index in [-0.39, 0.29) is 70.6 Å². The average molecular weight is 517 g/mol. The molecule has 0 aromatic carbocycles. The van der Waals surface area contributed by atoms with Crippen LogP contribution in [-0.4, -0.2) is 48.3 Å². The highest BCUT2D eigenvalue weighted by Crippen LogP contribution is 2.67. The van der Waals surface area contributed by atoms with E-state index in [0.717, 1.165) is 37.7 Å². The van der Waals surface area contributed by atoms with E-state index in [9.17, 15) is 19.2 Å². The number of rotatable bonds is 3. The topological polar surface area (TPSA) is 105 Å². The fourth-order valence-corrected chi connectivity index (χ4v) is 8.99. The van der Waals surface area contributed by atoms with E-state index in [1.807, 2.05) is 0 Å². The molecule has 0 spiro atoms. The van der Waals surface area contributed by atoms with Gasteiger partial charge in [-0.05, 0) is 61.9 Å². The molecule has 37 heavy (non-hydrogen) atoms. The molecule has 1 aliphatic heterocycles. The molecular formula is C29H40O8. The summed E-state index contributed by atoms with van der Waals surface area (Å²) in [5.41, 5.74) is 0.429. The van der Waals surface area contributed by atoms with Crippen molar-refractivity contribution in [1.82, 2.24) is 0 Å². The molecule has 4 fully saturated rings.